The van der Waals surface area contributed by atoms with E-state index in [-0.39, 0.29) is 11.3 Å². The molecule has 0 aliphatic rings. The van der Waals surface area contributed by atoms with Gasteiger partial charge in [0.2, 0.25) is 0 Å². The molecule has 0 amide bonds. The van der Waals surface area contributed by atoms with Crippen molar-refractivity contribution in [1.82, 2.24) is 4.98 Å². The highest BCUT2D eigenvalue weighted by atomic mass is 35.5. The summed E-state index contributed by atoms with van der Waals surface area (Å²) in [5, 5.41) is 9.70. The van der Waals surface area contributed by atoms with Gasteiger partial charge in [0.1, 0.15) is 17.1 Å². The second-order valence-corrected chi connectivity index (χ2v) is 4.86. The van der Waals surface area contributed by atoms with Gasteiger partial charge in [-0.15, -0.1) is 11.8 Å². The van der Waals surface area contributed by atoms with E-state index in [4.69, 9.17) is 16.3 Å². The summed E-state index contributed by atoms with van der Waals surface area (Å²) in [6, 6.07) is 6.65. The van der Waals surface area contributed by atoms with Crippen molar-refractivity contribution in [2.24, 2.45) is 0 Å². The summed E-state index contributed by atoms with van der Waals surface area (Å²) in [5.74, 6) is -0.369. The van der Waals surface area contributed by atoms with E-state index < -0.39 is 5.97 Å². The molecule has 2 aromatic rings. The summed E-state index contributed by atoms with van der Waals surface area (Å²) >= 11 is 7.16. The fraction of sp³-hybridized carbons (Fsp3) is 0.0769. The molecule has 19 heavy (non-hydrogen) atoms. The second kappa shape index (κ2) is 5.95. The fourth-order valence-electron chi connectivity index (χ4n) is 1.55. The van der Waals surface area contributed by atoms with Crippen molar-refractivity contribution in [3.8, 4) is 11.5 Å². The number of hydrogen-bond donors (Lipinski definition) is 1. The number of hydrogen-bond acceptors (Lipinski definition) is 4. The average Bonchev–Trinajstić information content (AvgIpc) is 2.38. The first kappa shape index (κ1) is 13.7. The third kappa shape index (κ3) is 3.19. The number of nitrogens with zero attached hydrogens (tertiary/aromatic N) is 1. The predicted molar refractivity (Wildman–Crippen MR) is 74.5 cm³/mol. The molecule has 98 valence electrons. The zero-order valence-corrected chi connectivity index (χ0v) is 11.5. The van der Waals surface area contributed by atoms with Crippen LogP contribution in [0.3, 0.4) is 0 Å². The van der Waals surface area contributed by atoms with Crippen LogP contribution in [0.4, 0.5) is 0 Å². The van der Waals surface area contributed by atoms with Crippen molar-refractivity contribution < 1.29 is 14.6 Å². The molecule has 0 aliphatic heterocycles. The van der Waals surface area contributed by atoms with E-state index in [0.717, 1.165) is 0 Å². The molecule has 0 spiro atoms. The molecule has 0 unspecified atom stereocenters. The monoisotopic (exact) mass is 295 g/mol. The summed E-state index contributed by atoms with van der Waals surface area (Å²) < 4.78 is 5.55. The van der Waals surface area contributed by atoms with Crippen LogP contribution in [0.15, 0.2) is 41.6 Å². The lowest BCUT2D eigenvalue weighted by Crippen LogP contribution is -2.02. The minimum Gasteiger partial charge on any atom is -0.478 e. The number of carbonyl (C=O) groups is 1. The molecule has 1 aromatic heterocycles. The number of pyridine rings is 1. The van der Waals surface area contributed by atoms with E-state index >= 15 is 0 Å². The van der Waals surface area contributed by atoms with Crippen LogP contribution in [0, 0.1) is 0 Å². The van der Waals surface area contributed by atoms with Crippen molar-refractivity contribution >= 4 is 29.3 Å². The Kier molecular flexibility index (Phi) is 4.29. The van der Waals surface area contributed by atoms with Crippen LogP contribution in [0.2, 0.25) is 5.02 Å². The Morgan fingerprint density at radius 3 is 2.84 bits per heavy atom. The number of aromatic carboxylic acids is 1. The lowest BCUT2D eigenvalue weighted by molar-refractivity contribution is 0.0690. The van der Waals surface area contributed by atoms with Crippen molar-refractivity contribution in [3.63, 3.8) is 0 Å². The van der Waals surface area contributed by atoms with E-state index in [1.165, 1.54) is 24.2 Å². The maximum atomic E-state index is 11.3. The van der Waals surface area contributed by atoms with Gasteiger partial charge in [-0.05, 0) is 18.4 Å². The van der Waals surface area contributed by atoms with Gasteiger partial charge in [-0.2, -0.15) is 0 Å². The second-order valence-electron chi connectivity index (χ2n) is 3.58. The van der Waals surface area contributed by atoms with Crippen molar-refractivity contribution in [2.75, 3.05) is 6.26 Å². The number of benzene rings is 1. The van der Waals surface area contributed by atoms with Gasteiger partial charge in [-0.1, -0.05) is 17.7 Å². The molecule has 2 rings (SSSR count). The number of thioether (sulfide) groups is 1. The highest BCUT2D eigenvalue weighted by Gasteiger charge is 2.16. The van der Waals surface area contributed by atoms with Crippen LogP contribution < -0.4 is 4.74 Å². The van der Waals surface area contributed by atoms with Crippen LogP contribution in [0.1, 0.15) is 10.4 Å². The number of aromatic nitrogens is 1. The molecule has 0 saturated carbocycles. The Labute approximate surface area is 119 Å². The first-order chi connectivity index (χ1) is 9.11. The Hall–Kier alpha value is -1.72. The average molecular weight is 296 g/mol. The maximum Gasteiger partial charge on any atom is 0.340 e. The van der Waals surface area contributed by atoms with Gasteiger partial charge in [-0.3, -0.25) is 4.98 Å². The molecule has 1 heterocycles. The molecule has 4 nitrogen and oxygen atoms in total. The summed E-state index contributed by atoms with van der Waals surface area (Å²) in [7, 11) is 0. The molecule has 0 atom stereocenters. The highest BCUT2D eigenvalue weighted by Crippen LogP contribution is 2.32. The number of carboxylic acid groups (broad SMARTS) is 1. The lowest BCUT2D eigenvalue weighted by atomic mass is 10.2. The Morgan fingerprint density at radius 2 is 2.21 bits per heavy atom. The first-order valence-corrected chi connectivity index (χ1v) is 6.91. The van der Waals surface area contributed by atoms with Crippen LogP contribution in [0.5, 0.6) is 11.5 Å². The van der Waals surface area contributed by atoms with Crippen molar-refractivity contribution in [1.29, 1.82) is 0 Å². The first-order valence-electron chi connectivity index (χ1n) is 5.30. The summed E-state index contributed by atoms with van der Waals surface area (Å²) in [5.41, 5.74) is 0.134. The standard InChI is InChI=1S/C13H10ClNO3S/c1-19-11-4-2-3-10(12(11)13(16)17)18-9-5-8(14)6-15-7-9/h2-7H,1H3,(H,16,17). The maximum absolute atomic E-state index is 11.3. The number of halogens is 1. The van der Waals surface area contributed by atoms with Gasteiger partial charge in [0.05, 0.1) is 11.2 Å². The van der Waals surface area contributed by atoms with Crippen molar-refractivity contribution in [2.45, 2.75) is 4.90 Å². The van der Waals surface area contributed by atoms with E-state index in [1.807, 2.05) is 6.26 Å². The third-order valence-corrected chi connectivity index (χ3v) is 3.32. The van der Waals surface area contributed by atoms with Crippen molar-refractivity contribution in [3.05, 3.63) is 47.2 Å². The minimum atomic E-state index is -1.03. The molecule has 1 N–H and O–H groups in total. The van der Waals surface area contributed by atoms with Gasteiger partial charge in [0.15, 0.2) is 0 Å². The fourth-order valence-corrected chi connectivity index (χ4v) is 2.32. The summed E-state index contributed by atoms with van der Waals surface area (Å²) in [6.07, 6.45) is 4.76. The Bertz CT molecular complexity index is 619. The zero-order chi connectivity index (χ0) is 13.8. The number of ether oxygens (including phenoxy) is 1. The number of carboxylic acids is 1. The predicted octanol–water partition coefficient (Wildman–Crippen LogP) is 3.95. The summed E-state index contributed by atoms with van der Waals surface area (Å²) in [6.45, 7) is 0. The Morgan fingerprint density at radius 1 is 1.42 bits per heavy atom. The van der Waals surface area contributed by atoms with E-state index in [1.54, 1.807) is 24.3 Å². The molecule has 0 bridgehead atoms. The van der Waals surface area contributed by atoms with Gasteiger partial charge in [0.25, 0.3) is 0 Å². The molecule has 1 aromatic carbocycles. The quantitative estimate of drug-likeness (QED) is 0.866. The van der Waals surface area contributed by atoms with E-state index in [0.29, 0.717) is 15.7 Å². The van der Waals surface area contributed by atoms with Crippen LogP contribution in [-0.4, -0.2) is 22.3 Å². The topological polar surface area (TPSA) is 59.4 Å². The Balaban J connectivity index is 2.42. The molecular weight excluding hydrogens is 286 g/mol. The molecule has 0 saturated heterocycles. The largest absolute Gasteiger partial charge is 0.478 e. The summed E-state index contributed by atoms with van der Waals surface area (Å²) in [4.78, 5) is 15.9. The van der Waals surface area contributed by atoms with E-state index in [2.05, 4.69) is 4.98 Å². The lowest BCUT2D eigenvalue weighted by Gasteiger charge is -2.11. The SMILES string of the molecule is CSc1cccc(Oc2cncc(Cl)c2)c1C(=O)O. The zero-order valence-electron chi connectivity index (χ0n) is 9.96. The van der Waals surface area contributed by atoms with Crippen LogP contribution in [-0.2, 0) is 0 Å². The van der Waals surface area contributed by atoms with Gasteiger partial charge in [-0.25, -0.2) is 4.79 Å². The molecule has 0 radical (unpaired) electrons. The van der Waals surface area contributed by atoms with Gasteiger partial charge < -0.3 is 9.84 Å². The van der Waals surface area contributed by atoms with E-state index in [9.17, 15) is 9.90 Å². The van der Waals surface area contributed by atoms with Crippen LogP contribution in [0.25, 0.3) is 0 Å². The van der Waals surface area contributed by atoms with Gasteiger partial charge in [0, 0.05) is 17.2 Å². The molecular formula is C13H10ClNO3S. The van der Waals surface area contributed by atoms with Crippen LogP contribution >= 0.6 is 23.4 Å². The third-order valence-electron chi connectivity index (χ3n) is 2.33. The number of rotatable bonds is 4. The molecule has 0 fully saturated rings. The van der Waals surface area contributed by atoms with Gasteiger partial charge >= 0.3 is 5.97 Å². The highest BCUT2D eigenvalue weighted by molar-refractivity contribution is 7.98. The molecule has 6 heteroatoms. The molecule has 0 aliphatic carbocycles. The minimum absolute atomic E-state index is 0.134. The normalized spacial score (nSPS) is 10.2. The smallest absolute Gasteiger partial charge is 0.340 e.